The van der Waals surface area contributed by atoms with E-state index in [1.807, 2.05) is 0 Å². The van der Waals surface area contributed by atoms with Crippen molar-refractivity contribution >= 4 is 11.9 Å². The molecule has 2 N–H and O–H groups in total. The van der Waals surface area contributed by atoms with E-state index < -0.39 is 5.97 Å². The second kappa shape index (κ2) is 8.20. The quantitative estimate of drug-likeness (QED) is 0.708. The van der Waals surface area contributed by atoms with Gasteiger partial charge in [0, 0.05) is 18.4 Å². The summed E-state index contributed by atoms with van der Waals surface area (Å²) in [7, 11) is 0. The number of hydrogen-bond acceptors (Lipinski definition) is 2. The summed E-state index contributed by atoms with van der Waals surface area (Å²) in [6.45, 7) is 0. The lowest BCUT2D eigenvalue weighted by atomic mass is 9.84. The van der Waals surface area contributed by atoms with E-state index in [0.717, 1.165) is 19.3 Å². The molecule has 118 valence electrons. The lowest BCUT2D eigenvalue weighted by Crippen LogP contribution is -2.40. The van der Waals surface area contributed by atoms with Gasteiger partial charge in [-0.2, -0.15) is 0 Å². The molecule has 1 fully saturated rings. The smallest absolute Gasteiger partial charge is 0.303 e. The monoisotopic (exact) mass is 293 g/mol. The minimum atomic E-state index is -0.777. The standard InChI is InChI=1S/C17H27NO3/c19-16(20)11-10-15(12-13-6-2-1-3-7-13)18-17(21)14-8-4-5-9-14/h4-5,13-15H,1-3,6-12H2,(H,18,21)(H,19,20). The van der Waals surface area contributed by atoms with Gasteiger partial charge in [0.2, 0.25) is 5.91 Å². The van der Waals surface area contributed by atoms with E-state index in [1.165, 1.54) is 32.1 Å². The van der Waals surface area contributed by atoms with Crippen LogP contribution < -0.4 is 5.32 Å². The Hall–Kier alpha value is -1.32. The molecule has 0 aromatic heterocycles. The first-order valence-corrected chi connectivity index (χ1v) is 8.32. The summed E-state index contributed by atoms with van der Waals surface area (Å²) in [6.07, 6.45) is 13.7. The van der Waals surface area contributed by atoms with Gasteiger partial charge in [0.1, 0.15) is 0 Å². The number of carbonyl (C=O) groups excluding carboxylic acids is 1. The molecule has 2 aliphatic carbocycles. The van der Waals surface area contributed by atoms with Crippen LogP contribution in [-0.4, -0.2) is 23.0 Å². The van der Waals surface area contributed by atoms with Crippen LogP contribution in [0.2, 0.25) is 0 Å². The molecule has 1 amide bonds. The third-order valence-corrected chi connectivity index (χ3v) is 4.77. The number of nitrogens with one attached hydrogen (secondary N) is 1. The Bertz CT molecular complexity index is 377. The van der Waals surface area contributed by atoms with Gasteiger partial charge in [0.05, 0.1) is 0 Å². The van der Waals surface area contributed by atoms with Crippen molar-refractivity contribution in [3.05, 3.63) is 12.2 Å². The third-order valence-electron chi connectivity index (χ3n) is 4.77. The molecule has 0 aromatic carbocycles. The van der Waals surface area contributed by atoms with Crippen LogP contribution in [0.1, 0.15) is 64.2 Å². The van der Waals surface area contributed by atoms with Gasteiger partial charge >= 0.3 is 5.97 Å². The minimum Gasteiger partial charge on any atom is -0.481 e. The van der Waals surface area contributed by atoms with Crippen LogP contribution in [0.3, 0.4) is 0 Å². The third kappa shape index (κ3) is 5.52. The van der Waals surface area contributed by atoms with Crippen LogP contribution in [0, 0.1) is 11.8 Å². The molecule has 0 saturated heterocycles. The molecule has 1 atom stereocenters. The van der Waals surface area contributed by atoms with Crippen molar-refractivity contribution in [1.82, 2.24) is 5.32 Å². The SMILES string of the molecule is O=C(O)CCC(CC1CCCCC1)NC(=O)C1CC=CC1. The number of amides is 1. The Kier molecular flexibility index (Phi) is 6.27. The van der Waals surface area contributed by atoms with Crippen molar-refractivity contribution < 1.29 is 14.7 Å². The molecule has 4 heteroatoms. The van der Waals surface area contributed by atoms with Crippen molar-refractivity contribution in [2.24, 2.45) is 11.8 Å². The fraction of sp³-hybridized carbons (Fsp3) is 0.765. The molecule has 2 aliphatic rings. The molecule has 1 unspecified atom stereocenters. The molecule has 0 aromatic rings. The van der Waals surface area contributed by atoms with Gasteiger partial charge < -0.3 is 10.4 Å². The first-order chi connectivity index (χ1) is 10.1. The normalized spacial score (nSPS) is 21.3. The highest BCUT2D eigenvalue weighted by atomic mass is 16.4. The summed E-state index contributed by atoms with van der Waals surface area (Å²) in [6, 6.07) is 0.0253. The maximum atomic E-state index is 12.2. The van der Waals surface area contributed by atoms with Crippen LogP contribution >= 0.6 is 0 Å². The molecular formula is C17H27NO3. The molecule has 0 heterocycles. The van der Waals surface area contributed by atoms with Gasteiger partial charge in [-0.25, -0.2) is 0 Å². The number of allylic oxidation sites excluding steroid dienone is 2. The largest absolute Gasteiger partial charge is 0.481 e. The lowest BCUT2D eigenvalue weighted by molar-refractivity contribution is -0.137. The van der Waals surface area contributed by atoms with Crippen molar-refractivity contribution in [3.63, 3.8) is 0 Å². The van der Waals surface area contributed by atoms with E-state index in [0.29, 0.717) is 12.3 Å². The van der Waals surface area contributed by atoms with Gasteiger partial charge in [-0.3, -0.25) is 9.59 Å². The predicted octanol–water partition coefficient (Wildman–Crippen LogP) is 3.27. The Morgan fingerprint density at radius 2 is 1.81 bits per heavy atom. The predicted molar refractivity (Wildman–Crippen MR) is 81.9 cm³/mol. The fourth-order valence-corrected chi connectivity index (χ4v) is 3.52. The Labute approximate surface area is 127 Å². The van der Waals surface area contributed by atoms with Crippen molar-refractivity contribution in [1.29, 1.82) is 0 Å². The van der Waals surface area contributed by atoms with E-state index >= 15 is 0 Å². The molecule has 4 nitrogen and oxygen atoms in total. The van der Waals surface area contributed by atoms with Crippen LogP contribution in [0.5, 0.6) is 0 Å². The molecule has 0 aliphatic heterocycles. The average molecular weight is 293 g/mol. The van der Waals surface area contributed by atoms with Gasteiger partial charge in [0.25, 0.3) is 0 Å². The van der Waals surface area contributed by atoms with Crippen LogP contribution in [-0.2, 0) is 9.59 Å². The summed E-state index contributed by atoms with van der Waals surface area (Å²) >= 11 is 0. The van der Waals surface area contributed by atoms with Gasteiger partial charge in [-0.1, -0.05) is 44.3 Å². The highest BCUT2D eigenvalue weighted by molar-refractivity contribution is 5.79. The van der Waals surface area contributed by atoms with Crippen LogP contribution in [0.25, 0.3) is 0 Å². The molecule has 0 bridgehead atoms. The number of hydrogen-bond donors (Lipinski definition) is 2. The number of carboxylic acid groups (broad SMARTS) is 1. The van der Waals surface area contributed by atoms with Gasteiger partial charge in [0.15, 0.2) is 0 Å². The molecule has 0 radical (unpaired) electrons. The first kappa shape index (κ1) is 16.1. The first-order valence-electron chi connectivity index (χ1n) is 8.32. The Balaban J connectivity index is 1.84. The molecule has 21 heavy (non-hydrogen) atoms. The van der Waals surface area contributed by atoms with Gasteiger partial charge in [-0.05, 0) is 31.6 Å². The Morgan fingerprint density at radius 1 is 1.14 bits per heavy atom. The number of carboxylic acids is 1. The zero-order valence-electron chi connectivity index (χ0n) is 12.7. The summed E-state index contributed by atoms with van der Waals surface area (Å²) in [4.78, 5) is 23.1. The maximum absolute atomic E-state index is 12.2. The van der Waals surface area contributed by atoms with Crippen LogP contribution in [0.15, 0.2) is 12.2 Å². The number of carbonyl (C=O) groups is 2. The zero-order valence-corrected chi connectivity index (χ0v) is 12.7. The van der Waals surface area contributed by atoms with Gasteiger partial charge in [-0.15, -0.1) is 0 Å². The number of aliphatic carboxylic acids is 1. The van der Waals surface area contributed by atoms with Crippen molar-refractivity contribution in [2.45, 2.75) is 70.3 Å². The summed E-state index contributed by atoms with van der Waals surface area (Å²) < 4.78 is 0. The lowest BCUT2D eigenvalue weighted by Gasteiger charge is -2.27. The van der Waals surface area contributed by atoms with Crippen molar-refractivity contribution in [2.75, 3.05) is 0 Å². The van der Waals surface area contributed by atoms with E-state index in [2.05, 4.69) is 17.5 Å². The summed E-state index contributed by atoms with van der Waals surface area (Å²) in [5, 5.41) is 12.0. The van der Waals surface area contributed by atoms with E-state index in [4.69, 9.17) is 5.11 Å². The van der Waals surface area contributed by atoms with E-state index in [1.54, 1.807) is 0 Å². The molecule has 0 spiro atoms. The second-order valence-electron chi connectivity index (χ2n) is 6.52. The summed E-state index contributed by atoms with van der Waals surface area (Å²) in [5.74, 6) is 0.0369. The maximum Gasteiger partial charge on any atom is 0.303 e. The molecule has 1 saturated carbocycles. The summed E-state index contributed by atoms with van der Waals surface area (Å²) in [5.41, 5.74) is 0. The van der Waals surface area contributed by atoms with E-state index in [9.17, 15) is 9.59 Å². The highest BCUT2D eigenvalue weighted by Crippen LogP contribution is 2.28. The fourth-order valence-electron chi connectivity index (χ4n) is 3.52. The Morgan fingerprint density at radius 3 is 2.43 bits per heavy atom. The highest BCUT2D eigenvalue weighted by Gasteiger charge is 2.25. The second-order valence-corrected chi connectivity index (χ2v) is 6.52. The average Bonchev–Trinajstić information content (AvgIpc) is 3.00. The molecular weight excluding hydrogens is 266 g/mol. The van der Waals surface area contributed by atoms with Crippen LogP contribution in [0.4, 0.5) is 0 Å². The van der Waals surface area contributed by atoms with E-state index in [-0.39, 0.29) is 24.3 Å². The zero-order chi connectivity index (χ0) is 15.1. The topological polar surface area (TPSA) is 66.4 Å². The minimum absolute atomic E-state index is 0.0253. The molecule has 2 rings (SSSR count). The number of rotatable bonds is 7. The van der Waals surface area contributed by atoms with Crippen molar-refractivity contribution in [3.8, 4) is 0 Å².